The molecule has 0 aliphatic carbocycles. The monoisotopic (exact) mass is 467 g/mol. The number of nitrogens with zero attached hydrogens (tertiary/aromatic N) is 5. The molecule has 32 heavy (non-hydrogen) atoms. The number of rotatable bonds is 9. The Morgan fingerprint density at radius 3 is 2.69 bits per heavy atom. The quantitative estimate of drug-likeness (QED) is 0.198. The summed E-state index contributed by atoms with van der Waals surface area (Å²) >= 11 is 1.11. The highest BCUT2D eigenvalue weighted by molar-refractivity contribution is 7.98. The van der Waals surface area contributed by atoms with Crippen LogP contribution >= 0.6 is 11.8 Å². The molecular weight excluding hydrogens is 451 g/mol. The summed E-state index contributed by atoms with van der Waals surface area (Å²) in [6, 6.07) is 7.70. The van der Waals surface area contributed by atoms with Crippen LogP contribution in [0.1, 0.15) is 23.4 Å². The molecule has 0 fully saturated rings. The van der Waals surface area contributed by atoms with Crippen LogP contribution in [0.5, 0.6) is 11.5 Å². The van der Waals surface area contributed by atoms with E-state index in [1.807, 2.05) is 0 Å². The van der Waals surface area contributed by atoms with Crippen LogP contribution in [0.25, 0.3) is 0 Å². The fraction of sp³-hybridized carbons (Fsp3) is 0.211. The van der Waals surface area contributed by atoms with E-state index in [1.165, 1.54) is 13.3 Å². The maximum absolute atomic E-state index is 13.5. The van der Waals surface area contributed by atoms with Gasteiger partial charge in [0.1, 0.15) is 18.2 Å². The third-order valence-electron chi connectivity index (χ3n) is 4.14. The van der Waals surface area contributed by atoms with Crippen molar-refractivity contribution in [1.29, 1.82) is 0 Å². The number of halogens is 3. The van der Waals surface area contributed by atoms with Gasteiger partial charge in [0, 0.05) is 17.7 Å². The molecule has 3 rings (SSSR count). The van der Waals surface area contributed by atoms with E-state index in [0.717, 1.165) is 34.6 Å². The molecule has 0 aliphatic rings. The van der Waals surface area contributed by atoms with Crippen molar-refractivity contribution in [2.75, 3.05) is 13.4 Å². The molecule has 3 aromatic rings. The van der Waals surface area contributed by atoms with Gasteiger partial charge in [-0.1, -0.05) is 11.8 Å². The molecule has 0 bridgehead atoms. The van der Waals surface area contributed by atoms with Crippen LogP contribution in [0, 0.1) is 15.9 Å². The van der Waals surface area contributed by atoms with Gasteiger partial charge < -0.3 is 9.47 Å². The Kier molecular flexibility index (Phi) is 7.30. The molecule has 0 atom stereocenters. The second-order valence-corrected chi connectivity index (χ2v) is 6.90. The fourth-order valence-corrected chi connectivity index (χ4v) is 3.11. The first-order chi connectivity index (χ1) is 15.3. The number of nitro groups is 1. The normalized spacial score (nSPS) is 11.3. The van der Waals surface area contributed by atoms with Crippen LogP contribution in [-0.2, 0) is 6.61 Å². The third kappa shape index (κ3) is 5.17. The SMILES string of the molecule is COc1ccc(C=Nn2c(SC)nnc2C(F)F)cc1COc1cc(F)ccc1[N+](=O)[O-]. The van der Waals surface area contributed by atoms with Gasteiger partial charge >= 0.3 is 5.69 Å². The minimum absolute atomic E-state index is 0.180. The molecule has 9 nitrogen and oxygen atoms in total. The van der Waals surface area contributed by atoms with E-state index >= 15 is 0 Å². The minimum Gasteiger partial charge on any atom is -0.496 e. The molecule has 1 aromatic heterocycles. The molecule has 0 saturated heterocycles. The maximum atomic E-state index is 13.5. The van der Waals surface area contributed by atoms with Crippen molar-refractivity contribution >= 4 is 23.7 Å². The highest BCUT2D eigenvalue weighted by Crippen LogP contribution is 2.30. The largest absolute Gasteiger partial charge is 0.496 e. The molecular formula is C19H16F3N5O4S. The zero-order valence-corrected chi connectivity index (χ0v) is 17.6. The molecule has 0 unspecified atom stereocenters. The van der Waals surface area contributed by atoms with Crippen LogP contribution in [0.2, 0.25) is 0 Å². The van der Waals surface area contributed by atoms with Gasteiger partial charge in [-0.2, -0.15) is 9.78 Å². The molecule has 0 spiro atoms. The molecule has 0 N–H and O–H groups in total. The second kappa shape index (κ2) is 10.1. The van der Waals surface area contributed by atoms with Crippen LogP contribution in [0.3, 0.4) is 0 Å². The topological polar surface area (TPSA) is 105 Å². The summed E-state index contributed by atoms with van der Waals surface area (Å²) in [5, 5.41) is 22.5. The Hall–Kier alpha value is -3.61. The summed E-state index contributed by atoms with van der Waals surface area (Å²) in [7, 11) is 1.42. The summed E-state index contributed by atoms with van der Waals surface area (Å²) in [6.45, 7) is -0.180. The van der Waals surface area contributed by atoms with Gasteiger partial charge in [0.25, 0.3) is 6.43 Å². The van der Waals surface area contributed by atoms with Gasteiger partial charge in [-0.15, -0.1) is 10.2 Å². The van der Waals surface area contributed by atoms with Crippen molar-refractivity contribution < 1.29 is 27.6 Å². The number of hydrogen-bond donors (Lipinski definition) is 0. The van der Waals surface area contributed by atoms with E-state index in [2.05, 4.69) is 15.3 Å². The number of ether oxygens (including phenoxy) is 2. The molecule has 0 saturated carbocycles. The van der Waals surface area contributed by atoms with Crippen LogP contribution in [-0.4, -0.2) is 39.4 Å². The summed E-state index contributed by atoms with van der Waals surface area (Å²) in [5.41, 5.74) is 0.580. The Morgan fingerprint density at radius 1 is 1.25 bits per heavy atom. The van der Waals surface area contributed by atoms with Crippen molar-refractivity contribution in [1.82, 2.24) is 14.9 Å². The van der Waals surface area contributed by atoms with Crippen LogP contribution in [0.15, 0.2) is 46.7 Å². The van der Waals surface area contributed by atoms with Gasteiger partial charge in [0.2, 0.25) is 11.0 Å². The lowest BCUT2D eigenvalue weighted by Crippen LogP contribution is -2.03. The van der Waals surface area contributed by atoms with Crippen LogP contribution < -0.4 is 9.47 Å². The molecule has 0 radical (unpaired) electrons. The highest BCUT2D eigenvalue weighted by Gasteiger charge is 2.20. The average molecular weight is 467 g/mol. The molecule has 1 heterocycles. The van der Waals surface area contributed by atoms with E-state index in [9.17, 15) is 23.3 Å². The Balaban J connectivity index is 1.88. The molecule has 0 amide bonds. The lowest BCUT2D eigenvalue weighted by Gasteiger charge is -2.11. The van der Waals surface area contributed by atoms with E-state index < -0.39 is 23.0 Å². The molecule has 0 aliphatic heterocycles. The first-order valence-corrected chi connectivity index (χ1v) is 10.1. The number of hydrogen-bond acceptors (Lipinski definition) is 8. The van der Waals surface area contributed by atoms with Crippen molar-refractivity contribution in [3.05, 3.63) is 69.3 Å². The van der Waals surface area contributed by atoms with E-state index in [-0.39, 0.29) is 23.2 Å². The van der Waals surface area contributed by atoms with Gasteiger partial charge in [-0.05, 0) is 36.1 Å². The number of alkyl halides is 2. The van der Waals surface area contributed by atoms with Gasteiger partial charge in [0.05, 0.1) is 18.2 Å². The maximum Gasteiger partial charge on any atom is 0.311 e. The van der Waals surface area contributed by atoms with Crippen molar-refractivity contribution in [3.8, 4) is 11.5 Å². The number of benzene rings is 2. The van der Waals surface area contributed by atoms with Crippen LogP contribution in [0.4, 0.5) is 18.9 Å². The standard InChI is InChI=1S/C19H16F3N5O4S/c1-30-15-6-3-11(9-23-26-18(17(21)22)24-25-19(26)32-2)7-12(15)10-31-16-8-13(20)4-5-14(16)27(28)29/h3-9,17H,10H2,1-2H3. The van der Waals surface area contributed by atoms with Gasteiger partial charge in [0.15, 0.2) is 5.75 Å². The van der Waals surface area contributed by atoms with Gasteiger partial charge in [-0.3, -0.25) is 10.1 Å². The fourth-order valence-electron chi connectivity index (χ4n) is 2.67. The number of methoxy groups -OCH3 is 1. The lowest BCUT2D eigenvalue weighted by atomic mass is 10.1. The van der Waals surface area contributed by atoms with Crippen molar-refractivity contribution in [2.24, 2.45) is 5.10 Å². The summed E-state index contributed by atoms with van der Waals surface area (Å²) < 4.78 is 51.5. The lowest BCUT2D eigenvalue weighted by molar-refractivity contribution is -0.386. The van der Waals surface area contributed by atoms with E-state index in [0.29, 0.717) is 16.9 Å². The minimum atomic E-state index is -2.86. The third-order valence-corrected chi connectivity index (χ3v) is 4.76. The Labute approximate surface area is 184 Å². The zero-order chi connectivity index (χ0) is 23.3. The van der Waals surface area contributed by atoms with E-state index in [1.54, 1.807) is 24.5 Å². The second-order valence-electron chi connectivity index (χ2n) is 6.13. The highest BCUT2D eigenvalue weighted by atomic mass is 32.2. The van der Waals surface area contributed by atoms with Crippen molar-refractivity contribution in [3.63, 3.8) is 0 Å². The first-order valence-electron chi connectivity index (χ1n) is 8.89. The van der Waals surface area contributed by atoms with Crippen molar-refractivity contribution in [2.45, 2.75) is 18.2 Å². The molecule has 2 aromatic carbocycles. The smallest absolute Gasteiger partial charge is 0.311 e. The number of aromatic nitrogens is 3. The predicted molar refractivity (Wildman–Crippen MR) is 110 cm³/mol. The molecule has 13 heteroatoms. The van der Waals surface area contributed by atoms with Gasteiger partial charge in [-0.25, -0.2) is 13.2 Å². The summed E-state index contributed by atoms with van der Waals surface area (Å²) in [4.78, 5) is 10.5. The number of thioether (sulfide) groups is 1. The first kappa shape index (κ1) is 23.1. The Morgan fingerprint density at radius 2 is 2.03 bits per heavy atom. The zero-order valence-electron chi connectivity index (χ0n) is 16.7. The Bertz CT molecular complexity index is 1160. The average Bonchev–Trinajstić information content (AvgIpc) is 3.19. The molecule has 168 valence electrons. The number of nitro benzene ring substituents is 1. The van der Waals surface area contributed by atoms with E-state index in [4.69, 9.17) is 9.47 Å². The summed E-state index contributed by atoms with van der Waals surface area (Å²) in [6.07, 6.45) is 0.116. The summed E-state index contributed by atoms with van der Waals surface area (Å²) in [5.74, 6) is -1.12. The predicted octanol–water partition coefficient (Wildman–Crippen LogP) is 4.45.